The van der Waals surface area contributed by atoms with Crippen LogP contribution < -0.4 is 10.6 Å². The van der Waals surface area contributed by atoms with Gasteiger partial charge in [0, 0.05) is 12.3 Å². The molecule has 22 heavy (non-hydrogen) atoms. The molecule has 1 aromatic carbocycles. The molecule has 1 rings (SSSR count). The summed E-state index contributed by atoms with van der Waals surface area (Å²) in [5.74, 6) is -1.67. The number of nitrogens with one attached hydrogen (secondary N) is 2. The molecule has 0 bridgehead atoms. The molecule has 8 heteroatoms. The Morgan fingerprint density at radius 3 is 2.27 bits per heavy atom. The summed E-state index contributed by atoms with van der Waals surface area (Å²) in [6, 6.07) is 3.82. The molecule has 0 aliphatic carbocycles. The van der Waals surface area contributed by atoms with Crippen molar-refractivity contribution in [1.82, 2.24) is 5.32 Å². The summed E-state index contributed by atoms with van der Waals surface area (Å²) >= 11 is 5.91. The van der Waals surface area contributed by atoms with Gasteiger partial charge in [0.25, 0.3) is 0 Å². The predicted octanol–water partition coefficient (Wildman–Crippen LogP) is 1.99. The van der Waals surface area contributed by atoms with Gasteiger partial charge in [-0.15, -0.1) is 0 Å². The third-order valence-electron chi connectivity index (χ3n) is 3.14. The monoisotopic (exact) mass is 346 g/mol. The SMILES string of the molecule is CCC(CC)NC(=O)C(=O)Nc1cc(S(C)(=O)=O)ccc1Cl. The predicted molar refractivity (Wildman–Crippen MR) is 85.7 cm³/mol. The van der Waals surface area contributed by atoms with Gasteiger partial charge in [0.2, 0.25) is 0 Å². The number of benzene rings is 1. The van der Waals surface area contributed by atoms with E-state index in [9.17, 15) is 18.0 Å². The van der Waals surface area contributed by atoms with E-state index in [0.29, 0.717) is 12.8 Å². The van der Waals surface area contributed by atoms with Crippen molar-refractivity contribution in [2.24, 2.45) is 0 Å². The van der Waals surface area contributed by atoms with Crippen molar-refractivity contribution >= 4 is 38.9 Å². The number of carbonyl (C=O) groups excluding carboxylic acids is 2. The van der Waals surface area contributed by atoms with Crippen LogP contribution in [0.3, 0.4) is 0 Å². The Hall–Kier alpha value is -1.60. The molecule has 0 spiro atoms. The third-order valence-corrected chi connectivity index (χ3v) is 4.58. The first-order valence-corrected chi connectivity index (χ1v) is 9.07. The normalized spacial score (nSPS) is 11.3. The summed E-state index contributed by atoms with van der Waals surface area (Å²) in [5, 5.41) is 5.07. The van der Waals surface area contributed by atoms with Gasteiger partial charge in [0.05, 0.1) is 15.6 Å². The zero-order valence-corrected chi connectivity index (χ0v) is 14.2. The number of amides is 2. The van der Waals surface area contributed by atoms with Gasteiger partial charge in [-0.2, -0.15) is 0 Å². The fraction of sp³-hybridized carbons (Fsp3) is 0.429. The summed E-state index contributed by atoms with van der Waals surface area (Å²) < 4.78 is 23.0. The molecule has 6 nitrogen and oxygen atoms in total. The van der Waals surface area contributed by atoms with Crippen LogP contribution >= 0.6 is 11.6 Å². The van der Waals surface area contributed by atoms with Crippen LogP contribution in [0.25, 0.3) is 0 Å². The highest BCUT2D eigenvalue weighted by Gasteiger charge is 2.19. The van der Waals surface area contributed by atoms with Crippen LogP contribution in [-0.4, -0.2) is 32.5 Å². The highest BCUT2D eigenvalue weighted by atomic mass is 35.5. The molecule has 0 aliphatic rings. The molecule has 0 aromatic heterocycles. The van der Waals surface area contributed by atoms with Gasteiger partial charge in [-0.3, -0.25) is 9.59 Å². The highest BCUT2D eigenvalue weighted by molar-refractivity contribution is 7.90. The maximum Gasteiger partial charge on any atom is 0.313 e. The molecule has 0 fully saturated rings. The Bertz CT molecular complexity index is 669. The summed E-state index contributed by atoms with van der Waals surface area (Å²) in [7, 11) is -3.44. The molecule has 0 atom stereocenters. The maximum absolute atomic E-state index is 11.9. The van der Waals surface area contributed by atoms with Gasteiger partial charge in [-0.25, -0.2) is 8.42 Å². The van der Waals surface area contributed by atoms with Crippen molar-refractivity contribution in [2.45, 2.75) is 37.6 Å². The van der Waals surface area contributed by atoms with Gasteiger partial charge in [-0.1, -0.05) is 25.4 Å². The Balaban J connectivity index is 2.90. The van der Waals surface area contributed by atoms with E-state index in [2.05, 4.69) is 10.6 Å². The summed E-state index contributed by atoms with van der Waals surface area (Å²) in [6.45, 7) is 3.80. The van der Waals surface area contributed by atoms with Crippen LogP contribution in [0, 0.1) is 0 Å². The van der Waals surface area contributed by atoms with E-state index in [1.165, 1.54) is 18.2 Å². The Kier molecular flexibility index (Phi) is 6.37. The lowest BCUT2D eigenvalue weighted by Crippen LogP contribution is -2.41. The summed E-state index contributed by atoms with van der Waals surface area (Å²) in [5.41, 5.74) is 0.0780. The van der Waals surface area contributed by atoms with E-state index in [-0.39, 0.29) is 21.6 Å². The zero-order chi connectivity index (χ0) is 16.9. The lowest BCUT2D eigenvalue weighted by molar-refractivity contribution is -0.136. The van der Waals surface area contributed by atoms with Crippen LogP contribution in [0.5, 0.6) is 0 Å². The minimum absolute atomic E-state index is 0.00704. The number of rotatable bonds is 5. The fourth-order valence-corrected chi connectivity index (χ4v) is 2.57. The molecule has 122 valence electrons. The van der Waals surface area contributed by atoms with E-state index in [4.69, 9.17) is 11.6 Å². The van der Waals surface area contributed by atoms with Gasteiger partial charge < -0.3 is 10.6 Å². The van der Waals surface area contributed by atoms with Crippen LogP contribution in [0.2, 0.25) is 5.02 Å². The molecule has 0 radical (unpaired) electrons. The molecular weight excluding hydrogens is 328 g/mol. The first-order valence-electron chi connectivity index (χ1n) is 6.80. The van der Waals surface area contributed by atoms with Crippen molar-refractivity contribution in [3.8, 4) is 0 Å². The lowest BCUT2D eigenvalue weighted by atomic mass is 10.2. The quantitative estimate of drug-likeness (QED) is 0.797. The van der Waals surface area contributed by atoms with Crippen molar-refractivity contribution in [3.05, 3.63) is 23.2 Å². The minimum Gasteiger partial charge on any atom is -0.345 e. The smallest absolute Gasteiger partial charge is 0.313 e. The topological polar surface area (TPSA) is 92.3 Å². The van der Waals surface area contributed by atoms with Crippen LogP contribution in [-0.2, 0) is 19.4 Å². The van der Waals surface area contributed by atoms with E-state index in [0.717, 1.165) is 6.26 Å². The van der Waals surface area contributed by atoms with Crippen molar-refractivity contribution < 1.29 is 18.0 Å². The number of sulfone groups is 1. The van der Waals surface area contributed by atoms with E-state index in [1.54, 1.807) is 0 Å². The first kappa shape index (κ1) is 18.4. The number of hydrogen-bond donors (Lipinski definition) is 2. The first-order chi connectivity index (χ1) is 10.2. The van der Waals surface area contributed by atoms with Crippen LogP contribution in [0.15, 0.2) is 23.1 Å². The van der Waals surface area contributed by atoms with Gasteiger partial charge in [0.1, 0.15) is 0 Å². The zero-order valence-electron chi connectivity index (χ0n) is 12.6. The Morgan fingerprint density at radius 1 is 1.18 bits per heavy atom. The summed E-state index contributed by atoms with van der Waals surface area (Å²) in [4.78, 5) is 23.7. The number of halogens is 1. The lowest BCUT2D eigenvalue weighted by Gasteiger charge is -2.14. The largest absolute Gasteiger partial charge is 0.345 e. The standard InChI is InChI=1S/C14H19ClN2O4S/c1-4-9(5-2)16-13(18)14(19)17-12-8-10(22(3,20)21)6-7-11(12)15/h6-9H,4-5H2,1-3H3,(H,16,18)(H,17,19). The molecule has 0 saturated carbocycles. The maximum atomic E-state index is 11.9. The average Bonchev–Trinajstić information content (AvgIpc) is 2.45. The van der Waals surface area contributed by atoms with Crippen molar-refractivity contribution in [1.29, 1.82) is 0 Å². The second kappa shape index (κ2) is 7.60. The van der Waals surface area contributed by atoms with Crippen LogP contribution in [0.1, 0.15) is 26.7 Å². The average molecular weight is 347 g/mol. The molecule has 0 saturated heterocycles. The van der Waals surface area contributed by atoms with Gasteiger partial charge >= 0.3 is 11.8 Å². The number of carbonyl (C=O) groups is 2. The molecule has 2 amide bonds. The molecule has 0 aliphatic heterocycles. The fourth-order valence-electron chi connectivity index (χ4n) is 1.75. The molecule has 1 aromatic rings. The van der Waals surface area contributed by atoms with Crippen molar-refractivity contribution in [3.63, 3.8) is 0 Å². The second-order valence-corrected chi connectivity index (χ2v) is 7.28. The molecular formula is C14H19ClN2O4S. The molecule has 2 N–H and O–H groups in total. The highest BCUT2D eigenvalue weighted by Crippen LogP contribution is 2.25. The second-order valence-electron chi connectivity index (χ2n) is 4.85. The van der Waals surface area contributed by atoms with Crippen molar-refractivity contribution in [2.75, 3.05) is 11.6 Å². The Labute approximate surface area is 135 Å². The van der Waals surface area contributed by atoms with E-state index >= 15 is 0 Å². The molecule has 0 unspecified atom stereocenters. The van der Waals surface area contributed by atoms with E-state index in [1.807, 2.05) is 13.8 Å². The number of anilines is 1. The van der Waals surface area contributed by atoms with Gasteiger partial charge in [0.15, 0.2) is 9.84 Å². The Morgan fingerprint density at radius 2 is 1.77 bits per heavy atom. The third kappa shape index (κ3) is 4.99. The molecule has 0 heterocycles. The van der Waals surface area contributed by atoms with Crippen LogP contribution in [0.4, 0.5) is 5.69 Å². The van der Waals surface area contributed by atoms with E-state index < -0.39 is 21.7 Å². The number of hydrogen-bond acceptors (Lipinski definition) is 4. The summed E-state index contributed by atoms with van der Waals surface area (Å²) in [6.07, 6.45) is 2.46. The minimum atomic E-state index is -3.44. The van der Waals surface area contributed by atoms with Gasteiger partial charge in [-0.05, 0) is 31.0 Å².